The van der Waals surface area contributed by atoms with E-state index in [1.165, 1.54) is 35.3 Å². The third-order valence-electron chi connectivity index (χ3n) is 16.1. The van der Waals surface area contributed by atoms with E-state index in [0.717, 1.165) is 23.4 Å². The summed E-state index contributed by atoms with van der Waals surface area (Å²) in [5, 5.41) is 19.6. The van der Waals surface area contributed by atoms with Crippen LogP contribution < -0.4 is 20.3 Å². The van der Waals surface area contributed by atoms with Crippen LogP contribution in [0.25, 0.3) is 10.9 Å². The van der Waals surface area contributed by atoms with Gasteiger partial charge in [-0.2, -0.15) is 0 Å². The SMILES string of the molecule is CC[C@]12C=CCN3CC[C@@]4(c5cc([C@@]6(C(=O)OC)C[C@H]7C[C@@H](C(C)(F)F)CN(CCc8c6[nH]c6ccc(NC(=O)NC)cc86)C7)c(OC)cc5N(C)[C@H]4[C@@](O)(C(=O)OC)[C@@H]1OC(C)=O)[C@@H]32. The summed E-state index contributed by atoms with van der Waals surface area (Å²) in [5.41, 5.74) is -1.81. The molecule has 9 rings (SSSR count). The molecule has 65 heavy (non-hydrogen) atoms. The predicted octanol–water partition coefficient (Wildman–Crippen LogP) is 4.87. The van der Waals surface area contributed by atoms with Crippen molar-refractivity contribution >= 4 is 46.2 Å². The fraction of sp³-hybridized carbons (Fsp3) is 0.583. The van der Waals surface area contributed by atoms with Crippen molar-refractivity contribution in [2.24, 2.45) is 17.3 Å². The highest BCUT2D eigenvalue weighted by Crippen LogP contribution is 2.68. The number of anilines is 2. The molecule has 350 valence electrons. The van der Waals surface area contributed by atoms with Crippen molar-refractivity contribution in [3.63, 3.8) is 0 Å². The molecule has 6 heterocycles. The van der Waals surface area contributed by atoms with E-state index in [-0.39, 0.29) is 19.4 Å². The number of ether oxygens (including phenoxy) is 4. The Morgan fingerprint density at radius 2 is 1.77 bits per heavy atom. The van der Waals surface area contributed by atoms with Crippen molar-refractivity contribution < 1.29 is 52.0 Å². The second-order valence-corrected chi connectivity index (χ2v) is 19.3. The molecule has 0 radical (unpaired) electrons. The second kappa shape index (κ2) is 15.7. The largest absolute Gasteiger partial charge is 0.496 e. The maximum Gasteiger partial charge on any atom is 0.344 e. The zero-order valence-corrected chi connectivity index (χ0v) is 38.3. The first-order valence-corrected chi connectivity index (χ1v) is 22.6. The average molecular weight is 903 g/mol. The maximum absolute atomic E-state index is 15.5. The zero-order chi connectivity index (χ0) is 46.6. The summed E-state index contributed by atoms with van der Waals surface area (Å²) in [6.07, 6.45) is 4.14. The van der Waals surface area contributed by atoms with E-state index in [4.69, 9.17) is 18.9 Å². The lowest BCUT2D eigenvalue weighted by atomic mass is 9.47. The third-order valence-corrected chi connectivity index (χ3v) is 16.1. The fourth-order valence-corrected chi connectivity index (χ4v) is 13.8. The Bertz CT molecular complexity index is 2490. The van der Waals surface area contributed by atoms with Gasteiger partial charge >= 0.3 is 23.9 Å². The van der Waals surface area contributed by atoms with Crippen molar-refractivity contribution in [1.82, 2.24) is 20.1 Å². The molecule has 5 aliphatic heterocycles. The molecule has 10 atom stereocenters. The standard InChI is InChI=1S/C48H60F2N6O9/c1-9-45-14-10-16-56-18-15-46(38(45)56)32-21-33(36(62-6)22-35(32)54(5)39(46)48(61,42(59)64-8)40(45)65-26(2)57)47(41(58)63-7)23-27-19-28(44(3,49)50)25-55(24-27)17-13-30-31-20-29(52-43(60)51-4)11-12-34(31)53-37(30)47/h10-12,14,20-22,27-28,38-40,53,61H,9,13,15-19,23-25H2,1-8H3,(H2,51,52,60)/t27-,28-,38+,39-,40-,45-,46-,47+,48+/m1/s1. The number of nitrogens with zero attached hydrogens (tertiary/aromatic N) is 3. The van der Waals surface area contributed by atoms with E-state index < -0.39 is 81.7 Å². The quantitative estimate of drug-likeness (QED) is 0.137. The van der Waals surface area contributed by atoms with Gasteiger partial charge in [0.05, 0.1) is 27.4 Å². The van der Waals surface area contributed by atoms with Crippen LogP contribution in [0.3, 0.4) is 0 Å². The minimum Gasteiger partial charge on any atom is -0.496 e. The molecule has 1 aliphatic carbocycles. The maximum atomic E-state index is 15.5. The Hall–Kier alpha value is -5.26. The summed E-state index contributed by atoms with van der Waals surface area (Å²) < 4.78 is 54.8. The number of benzene rings is 2. The number of likely N-dealkylation sites (N-methyl/N-ethyl adjacent to an activating group) is 1. The fourth-order valence-electron chi connectivity index (χ4n) is 13.8. The molecule has 17 heteroatoms. The molecule has 6 aliphatic rings. The summed E-state index contributed by atoms with van der Waals surface area (Å²) in [4.78, 5) is 65.4. The van der Waals surface area contributed by atoms with Gasteiger partial charge in [0.15, 0.2) is 6.10 Å². The minimum atomic E-state index is -2.99. The Morgan fingerprint density at radius 3 is 2.43 bits per heavy atom. The number of esters is 3. The molecule has 3 aromatic rings. The molecular weight excluding hydrogens is 843 g/mol. The lowest BCUT2D eigenvalue weighted by Gasteiger charge is -2.63. The van der Waals surface area contributed by atoms with Crippen LogP contribution in [-0.2, 0) is 45.8 Å². The number of urea groups is 1. The molecule has 3 fully saturated rings. The molecular formula is C48H60F2N6O9. The number of hydrogen-bond acceptors (Lipinski definition) is 12. The summed E-state index contributed by atoms with van der Waals surface area (Å²) in [6, 6.07) is 7.45. The number of aromatic nitrogens is 1. The van der Waals surface area contributed by atoms with Gasteiger partial charge in [0.25, 0.3) is 0 Å². The normalized spacial score (nSPS) is 33.6. The van der Waals surface area contributed by atoms with Gasteiger partial charge in [0, 0.05) is 110 Å². The number of rotatable bonds is 8. The predicted molar refractivity (Wildman–Crippen MR) is 237 cm³/mol. The van der Waals surface area contributed by atoms with E-state index in [0.29, 0.717) is 79.3 Å². The van der Waals surface area contributed by atoms with Crippen LogP contribution in [-0.4, -0.2) is 142 Å². The second-order valence-electron chi connectivity index (χ2n) is 19.3. The molecule has 4 N–H and O–H groups in total. The van der Waals surface area contributed by atoms with Crippen molar-refractivity contribution in [1.29, 1.82) is 0 Å². The van der Waals surface area contributed by atoms with Gasteiger partial charge in [-0.15, -0.1) is 0 Å². The van der Waals surface area contributed by atoms with Crippen molar-refractivity contribution in [3.8, 4) is 5.75 Å². The first-order chi connectivity index (χ1) is 30.9. The van der Waals surface area contributed by atoms with Gasteiger partial charge in [-0.3, -0.25) is 14.5 Å². The van der Waals surface area contributed by atoms with E-state index >= 15 is 13.6 Å². The molecule has 2 saturated heterocycles. The number of fused-ring (bicyclic) bond motifs is 6. The summed E-state index contributed by atoms with van der Waals surface area (Å²) >= 11 is 0. The first kappa shape index (κ1) is 44.9. The molecule has 1 saturated carbocycles. The van der Waals surface area contributed by atoms with Gasteiger partial charge in [-0.05, 0) is 86.9 Å². The lowest BCUT2D eigenvalue weighted by molar-refractivity contribution is -0.228. The Morgan fingerprint density at radius 1 is 1.02 bits per heavy atom. The summed E-state index contributed by atoms with van der Waals surface area (Å²) in [5.74, 6) is -6.27. The monoisotopic (exact) mass is 902 g/mol. The highest BCUT2D eigenvalue weighted by atomic mass is 19.3. The van der Waals surface area contributed by atoms with Crippen molar-refractivity contribution in [2.75, 3.05) is 78.4 Å². The molecule has 1 unspecified atom stereocenters. The number of amides is 2. The van der Waals surface area contributed by atoms with Gasteiger partial charge in [-0.1, -0.05) is 19.1 Å². The highest BCUT2D eigenvalue weighted by Gasteiger charge is 2.80. The summed E-state index contributed by atoms with van der Waals surface area (Å²) in [7, 11) is 7.37. The number of halogens is 2. The molecule has 2 amide bonds. The third kappa shape index (κ3) is 6.26. The van der Waals surface area contributed by atoms with Crippen LogP contribution in [0.5, 0.6) is 5.75 Å². The summed E-state index contributed by atoms with van der Waals surface area (Å²) in [6.45, 7) is 6.44. The van der Waals surface area contributed by atoms with Crippen LogP contribution in [0.15, 0.2) is 42.5 Å². The van der Waals surface area contributed by atoms with Crippen molar-refractivity contribution in [3.05, 3.63) is 64.9 Å². The van der Waals surface area contributed by atoms with E-state index in [9.17, 15) is 19.5 Å². The number of nitrogens with one attached hydrogen (secondary N) is 3. The lowest BCUT2D eigenvalue weighted by Crippen LogP contribution is -2.81. The van der Waals surface area contributed by atoms with Crippen LogP contribution in [0, 0.1) is 17.3 Å². The smallest absolute Gasteiger partial charge is 0.344 e. The average Bonchev–Trinajstić information content (AvgIpc) is 3.94. The molecule has 2 aromatic carbocycles. The highest BCUT2D eigenvalue weighted by molar-refractivity contribution is 5.97. The number of aliphatic hydroxyl groups is 1. The first-order valence-electron chi connectivity index (χ1n) is 22.6. The zero-order valence-electron chi connectivity index (χ0n) is 38.3. The molecule has 15 nitrogen and oxygen atoms in total. The van der Waals surface area contributed by atoms with E-state index in [1.807, 2.05) is 48.2 Å². The topological polar surface area (TPSA) is 175 Å². The van der Waals surface area contributed by atoms with Gasteiger partial charge < -0.3 is 49.5 Å². The van der Waals surface area contributed by atoms with Gasteiger partial charge in [0.1, 0.15) is 11.2 Å². The number of carbonyl (C=O) groups excluding carboxylic acids is 4. The minimum absolute atomic E-state index is 0.0746. The van der Waals surface area contributed by atoms with Gasteiger partial charge in [0.2, 0.25) is 11.5 Å². The number of aromatic amines is 1. The van der Waals surface area contributed by atoms with Crippen LogP contribution in [0.2, 0.25) is 0 Å². The van der Waals surface area contributed by atoms with E-state index in [2.05, 4.69) is 25.4 Å². The number of methoxy groups -OCH3 is 3. The Balaban J connectivity index is 1.35. The number of piperidine rings is 1. The van der Waals surface area contributed by atoms with E-state index in [1.54, 1.807) is 13.1 Å². The van der Waals surface area contributed by atoms with Crippen LogP contribution in [0.4, 0.5) is 25.0 Å². The Labute approximate surface area is 377 Å². The molecule has 1 aromatic heterocycles. The molecule has 1 spiro atoms. The number of hydrogen-bond donors (Lipinski definition) is 4. The van der Waals surface area contributed by atoms with Crippen LogP contribution >= 0.6 is 0 Å². The Kier molecular flexibility index (Phi) is 10.8. The van der Waals surface area contributed by atoms with Gasteiger partial charge in [-0.25, -0.2) is 18.4 Å². The van der Waals surface area contributed by atoms with Crippen molar-refractivity contribution in [2.45, 2.75) is 93.4 Å². The molecule has 2 bridgehead atoms. The van der Waals surface area contributed by atoms with Crippen LogP contribution in [0.1, 0.15) is 68.8 Å². The number of alkyl halides is 2. The number of carbonyl (C=O) groups is 4. The number of H-pyrrole nitrogens is 1.